The number of ether oxygens (including phenoxy) is 3. The summed E-state index contributed by atoms with van der Waals surface area (Å²) in [5, 5.41) is 12.3. The molecule has 1 aromatic carbocycles. The van der Waals surface area contributed by atoms with Crippen LogP contribution in [0.5, 0.6) is 5.75 Å². The standard InChI is InChI=1S/C24H30ClF3N4O6/c1-12(33)32-17(6-5-7-31-22(29)30)21(35)37-11-36-20(34)14-8-13-9-16(25)15(23(2,3)4)10-18(13)38-19(14)24(26,27)28/h8-10,17,19H,5-7,11H2,1-4H3,(H,32,33)(H4,29,30,31). The number of hydrogen-bond donors (Lipinski definition) is 4. The summed E-state index contributed by atoms with van der Waals surface area (Å²) in [5.74, 6) is -3.28. The van der Waals surface area contributed by atoms with Crippen LogP contribution >= 0.6 is 11.6 Å². The van der Waals surface area contributed by atoms with E-state index in [1.54, 1.807) is 0 Å². The molecule has 1 heterocycles. The van der Waals surface area contributed by atoms with Crippen molar-refractivity contribution in [2.24, 2.45) is 5.73 Å². The van der Waals surface area contributed by atoms with Gasteiger partial charge in [-0.25, -0.2) is 9.59 Å². The van der Waals surface area contributed by atoms with Gasteiger partial charge in [-0.1, -0.05) is 32.4 Å². The second kappa shape index (κ2) is 12.4. The minimum absolute atomic E-state index is 0.0931. The molecule has 0 saturated heterocycles. The van der Waals surface area contributed by atoms with Gasteiger partial charge in [-0.2, -0.15) is 13.2 Å². The third-order valence-corrected chi connectivity index (χ3v) is 5.63. The first-order valence-electron chi connectivity index (χ1n) is 11.5. The molecule has 0 fully saturated rings. The molecular weight excluding hydrogens is 533 g/mol. The highest BCUT2D eigenvalue weighted by atomic mass is 35.5. The summed E-state index contributed by atoms with van der Waals surface area (Å²) < 4.78 is 56.1. The number of hydrogen-bond acceptors (Lipinski definition) is 7. The van der Waals surface area contributed by atoms with E-state index in [9.17, 15) is 27.6 Å². The lowest BCUT2D eigenvalue weighted by Crippen LogP contribution is -2.42. The van der Waals surface area contributed by atoms with Crippen LogP contribution in [0, 0.1) is 5.41 Å². The zero-order valence-electron chi connectivity index (χ0n) is 21.3. The first kappa shape index (κ1) is 30.7. The summed E-state index contributed by atoms with van der Waals surface area (Å²) in [5.41, 5.74) is 4.56. The molecule has 14 heteroatoms. The van der Waals surface area contributed by atoms with Crippen molar-refractivity contribution >= 4 is 41.5 Å². The van der Waals surface area contributed by atoms with Crippen LogP contribution in [0.15, 0.2) is 17.7 Å². The van der Waals surface area contributed by atoms with Crippen molar-refractivity contribution in [3.8, 4) is 5.75 Å². The number of fused-ring (bicyclic) bond motifs is 1. The Kier molecular flexibility index (Phi) is 10.0. The van der Waals surface area contributed by atoms with E-state index in [2.05, 4.69) is 10.6 Å². The minimum atomic E-state index is -4.95. The first-order chi connectivity index (χ1) is 17.5. The van der Waals surface area contributed by atoms with Crippen LogP contribution in [0.2, 0.25) is 5.02 Å². The van der Waals surface area contributed by atoms with Gasteiger partial charge >= 0.3 is 18.1 Å². The van der Waals surface area contributed by atoms with Crippen molar-refractivity contribution in [3.63, 3.8) is 0 Å². The van der Waals surface area contributed by atoms with Gasteiger partial charge < -0.3 is 30.6 Å². The molecule has 2 unspecified atom stereocenters. The topological polar surface area (TPSA) is 153 Å². The van der Waals surface area contributed by atoms with Crippen LogP contribution in [0.25, 0.3) is 6.08 Å². The van der Waals surface area contributed by atoms with Crippen LogP contribution < -0.4 is 21.1 Å². The smallest absolute Gasteiger partial charge is 0.430 e. The fourth-order valence-corrected chi connectivity index (χ4v) is 4.01. The van der Waals surface area contributed by atoms with Crippen LogP contribution in [0.3, 0.4) is 0 Å². The normalized spacial score (nSPS) is 15.8. The fraction of sp³-hybridized carbons (Fsp3) is 0.500. The summed E-state index contributed by atoms with van der Waals surface area (Å²) >= 11 is 6.31. The summed E-state index contributed by atoms with van der Waals surface area (Å²) in [4.78, 5) is 36.3. The lowest BCUT2D eigenvalue weighted by molar-refractivity contribution is -0.190. The number of rotatable bonds is 9. The number of nitrogens with two attached hydrogens (primary N) is 1. The van der Waals surface area contributed by atoms with Crippen molar-refractivity contribution < 1.29 is 41.8 Å². The number of guanidine groups is 1. The molecule has 210 valence electrons. The molecule has 0 bridgehead atoms. The third kappa shape index (κ3) is 8.54. The maximum atomic E-state index is 13.8. The van der Waals surface area contributed by atoms with Crippen molar-refractivity contribution in [2.75, 3.05) is 13.3 Å². The number of alkyl halides is 3. The van der Waals surface area contributed by atoms with Crippen LogP contribution in [0.4, 0.5) is 13.2 Å². The number of esters is 2. The van der Waals surface area contributed by atoms with Crippen molar-refractivity contribution in [1.82, 2.24) is 10.6 Å². The lowest BCUT2D eigenvalue weighted by atomic mass is 9.85. The van der Waals surface area contributed by atoms with Crippen molar-refractivity contribution in [2.45, 2.75) is 64.3 Å². The molecule has 0 aliphatic carbocycles. The zero-order valence-corrected chi connectivity index (χ0v) is 22.0. The molecule has 38 heavy (non-hydrogen) atoms. The van der Waals surface area contributed by atoms with Gasteiger partial charge in [0.25, 0.3) is 0 Å². The highest BCUT2D eigenvalue weighted by Gasteiger charge is 2.49. The predicted octanol–water partition coefficient (Wildman–Crippen LogP) is 3.16. The van der Waals surface area contributed by atoms with E-state index in [1.807, 2.05) is 20.8 Å². The van der Waals surface area contributed by atoms with E-state index in [-0.39, 0.29) is 35.3 Å². The Balaban J connectivity index is 2.14. The molecule has 1 aliphatic heterocycles. The minimum Gasteiger partial charge on any atom is -0.475 e. The summed E-state index contributed by atoms with van der Waals surface area (Å²) in [6.07, 6.45) is -6.19. The molecule has 0 aromatic heterocycles. The predicted molar refractivity (Wildman–Crippen MR) is 132 cm³/mol. The zero-order chi connectivity index (χ0) is 28.8. The molecule has 10 nitrogen and oxygen atoms in total. The van der Waals surface area contributed by atoms with Crippen LogP contribution in [-0.4, -0.2) is 55.5 Å². The summed E-state index contributed by atoms with van der Waals surface area (Å²) in [6.45, 7) is 5.93. The highest BCUT2D eigenvalue weighted by Crippen LogP contribution is 2.42. The number of benzene rings is 1. The monoisotopic (exact) mass is 562 g/mol. The molecule has 1 aromatic rings. The molecule has 2 atom stereocenters. The lowest BCUT2D eigenvalue weighted by Gasteiger charge is -2.30. The average Bonchev–Trinajstić information content (AvgIpc) is 2.77. The summed E-state index contributed by atoms with van der Waals surface area (Å²) in [6, 6.07) is 1.69. The van der Waals surface area contributed by atoms with Crippen LogP contribution in [0.1, 0.15) is 51.7 Å². The number of carbonyl (C=O) groups excluding carboxylic acids is 3. The molecule has 0 saturated carbocycles. The van der Waals surface area contributed by atoms with E-state index < -0.39 is 53.9 Å². The number of halogens is 4. The molecule has 2 rings (SSSR count). The Bertz CT molecular complexity index is 1120. The van der Waals surface area contributed by atoms with Crippen molar-refractivity contribution in [1.29, 1.82) is 5.41 Å². The average molecular weight is 563 g/mol. The second-order valence-corrected chi connectivity index (χ2v) is 9.92. The number of amides is 1. The molecule has 0 radical (unpaired) electrons. The number of carbonyl (C=O) groups is 3. The van der Waals surface area contributed by atoms with Gasteiger partial charge in [0.2, 0.25) is 18.8 Å². The van der Waals surface area contributed by atoms with E-state index >= 15 is 0 Å². The Labute approximate surface area is 222 Å². The molecule has 1 aliphatic rings. The second-order valence-electron chi connectivity index (χ2n) is 9.51. The Morgan fingerprint density at radius 3 is 2.42 bits per heavy atom. The molecule has 5 N–H and O–H groups in total. The maximum absolute atomic E-state index is 13.8. The van der Waals surface area contributed by atoms with Gasteiger partial charge in [-0.05, 0) is 42.0 Å². The third-order valence-electron chi connectivity index (χ3n) is 5.32. The maximum Gasteiger partial charge on any atom is 0.430 e. The van der Waals surface area contributed by atoms with Gasteiger partial charge in [0.05, 0.1) is 5.57 Å². The molecule has 1 amide bonds. The van der Waals surface area contributed by atoms with Gasteiger partial charge in [0, 0.05) is 24.1 Å². The highest BCUT2D eigenvalue weighted by molar-refractivity contribution is 6.31. The summed E-state index contributed by atoms with van der Waals surface area (Å²) in [7, 11) is 0. The Morgan fingerprint density at radius 1 is 1.21 bits per heavy atom. The molecular formula is C24H30ClF3N4O6. The quantitative estimate of drug-likeness (QED) is 0.118. The fourth-order valence-electron chi connectivity index (χ4n) is 3.55. The molecule has 0 spiro atoms. The van der Waals surface area contributed by atoms with Gasteiger partial charge in [-0.3, -0.25) is 10.2 Å². The first-order valence-corrected chi connectivity index (χ1v) is 11.9. The van der Waals surface area contributed by atoms with Gasteiger partial charge in [0.1, 0.15) is 11.8 Å². The van der Waals surface area contributed by atoms with Crippen LogP contribution in [-0.2, 0) is 29.3 Å². The van der Waals surface area contributed by atoms with Crippen molar-refractivity contribution in [3.05, 3.63) is 33.9 Å². The Hall–Kier alpha value is -3.48. The Morgan fingerprint density at radius 2 is 1.87 bits per heavy atom. The van der Waals surface area contributed by atoms with Gasteiger partial charge in [0.15, 0.2) is 5.96 Å². The van der Waals surface area contributed by atoms with E-state index in [0.29, 0.717) is 12.0 Å². The number of nitrogens with one attached hydrogen (secondary N) is 3. The van der Waals surface area contributed by atoms with E-state index in [1.165, 1.54) is 19.1 Å². The largest absolute Gasteiger partial charge is 0.475 e. The van der Waals surface area contributed by atoms with E-state index in [0.717, 1.165) is 6.08 Å². The SMILES string of the molecule is CC(=O)NC(CCCNC(=N)N)C(=O)OCOC(=O)C1=Cc2cc(Cl)c(C(C)(C)C)cc2OC1C(F)(F)F. The van der Waals surface area contributed by atoms with Gasteiger partial charge in [-0.15, -0.1) is 0 Å². The van der Waals surface area contributed by atoms with E-state index in [4.69, 9.17) is 37.0 Å².